The van der Waals surface area contributed by atoms with Gasteiger partial charge in [-0.1, -0.05) is 19.1 Å². The Kier molecular flexibility index (Phi) is 7.28. The Morgan fingerprint density at radius 1 is 1.18 bits per heavy atom. The van der Waals surface area contributed by atoms with Gasteiger partial charge in [0.05, 0.1) is 31.3 Å². The molecule has 1 aromatic carbocycles. The molecular weight excluding hydrogens is 436 g/mol. The lowest BCUT2D eigenvalue weighted by molar-refractivity contribution is -0.135. The standard InChI is InChI=1S/C25H38N2O5Si/c1-17-21(11-8-18-6-9-19(10-7-18)27-14-12-23(27)29)32-22(25(17)33(2,3)31)15-24(30)26-13-4-5-20(26)16-28/h6-7,9-10,17,20-22,25,28,31H,4-5,8,11-16H2,1-3H3/t17-,20-,21+,22-,25+/m0/s1. The summed E-state index contributed by atoms with van der Waals surface area (Å²) in [6.45, 7) is 7.53. The monoisotopic (exact) mass is 474 g/mol. The highest BCUT2D eigenvalue weighted by Gasteiger charge is 2.50. The van der Waals surface area contributed by atoms with Gasteiger partial charge >= 0.3 is 0 Å². The molecule has 0 radical (unpaired) electrons. The van der Waals surface area contributed by atoms with E-state index in [1.54, 1.807) is 9.80 Å². The molecule has 0 spiro atoms. The summed E-state index contributed by atoms with van der Waals surface area (Å²) in [5.41, 5.74) is 2.15. The predicted molar refractivity (Wildman–Crippen MR) is 129 cm³/mol. The normalized spacial score (nSPS) is 30.1. The summed E-state index contributed by atoms with van der Waals surface area (Å²) >= 11 is 0. The maximum absolute atomic E-state index is 13.0. The zero-order chi connectivity index (χ0) is 23.8. The van der Waals surface area contributed by atoms with Crippen LogP contribution in [0.25, 0.3) is 0 Å². The summed E-state index contributed by atoms with van der Waals surface area (Å²) in [5, 5.41) is 9.59. The number of amides is 2. The number of rotatable bonds is 8. The maximum Gasteiger partial charge on any atom is 0.228 e. The van der Waals surface area contributed by atoms with Gasteiger partial charge in [-0.15, -0.1) is 0 Å². The highest BCUT2D eigenvalue weighted by atomic mass is 28.4. The topological polar surface area (TPSA) is 90.3 Å². The van der Waals surface area contributed by atoms with E-state index in [-0.39, 0.29) is 54.6 Å². The Hall–Kier alpha value is -1.74. The number of aliphatic hydroxyl groups is 1. The van der Waals surface area contributed by atoms with Crippen LogP contribution in [0.3, 0.4) is 0 Å². The molecule has 2 N–H and O–H groups in total. The van der Waals surface area contributed by atoms with Crippen molar-refractivity contribution < 1.29 is 24.2 Å². The van der Waals surface area contributed by atoms with E-state index in [2.05, 4.69) is 19.1 Å². The molecule has 8 heteroatoms. The third-order valence-corrected chi connectivity index (χ3v) is 10.3. The lowest BCUT2D eigenvalue weighted by Gasteiger charge is -2.31. The Balaban J connectivity index is 1.38. The Bertz CT molecular complexity index is 855. The molecule has 3 heterocycles. The van der Waals surface area contributed by atoms with Crippen molar-refractivity contribution >= 4 is 25.8 Å². The van der Waals surface area contributed by atoms with Crippen LogP contribution < -0.4 is 4.90 Å². The molecule has 182 valence electrons. The molecule has 0 bridgehead atoms. The number of carbonyl (C=O) groups is 2. The fraction of sp³-hybridized carbons (Fsp3) is 0.680. The SMILES string of the molecule is C[C@@H]1[C@@H]([Si](C)(C)O)[C@H](CC(=O)N2CCC[C@H]2CO)O[C@@H]1CCc1ccc(N2CCC2=O)cc1. The van der Waals surface area contributed by atoms with Crippen molar-refractivity contribution in [2.24, 2.45) is 5.92 Å². The first-order chi connectivity index (χ1) is 15.7. The minimum Gasteiger partial charge on any atom is -0.432 e. The first kappa shape index (κ1) is 24.4. The van der Waals surface area contributed by atoms with Crippen LogP contribution in [0.4, 0.5) is 5.69 Å². The highest BCUT2D eigenvalue weighted by Crippen LogP contribution is 2.45. The van der Waals surface area contributed by atoms with Crippen LogP contribution in [0.5, 0.6) is 0 Å². The van der Waals surface area contributed by atoms with Gasteiger partial charge in [0, 0.05) is 30.7 Å². The number of benzene rings is 1. The van der Waals surface area contributed by atoms with Gasteiger partial charge in [0.2, 0.25) is 11.8 Å². The van der Waals surface area contributed by atoms with Crippen LogP contribution in [0.15, 0.2) is 24.3 Å². The van der Waals surface area contributed by atoms with Crippen molar-refractivity contribution in [2.45, 2.75) is 82.3 Å². The van der Waals surface area contributed by atoms with Crippen LogP contribution in [-0.4, -0.2) is 72.9 Å². The third-order valence-electron chi connectivity index (χ3n) is 7.82. The molecule has 0 unspecified atom stereocenters. The van der Waals surface area contributed by atoms with Gasteiger partial charge in [-0.25, -0.2) is 0 Å². The van der Waals surface area contributed by atoms with E-state index in [0.717, 1.165) is 37.9 Å². The van der Waals surface area contributed by atoms with Crippen molar-refractivity contribution in [1.82, 2.24) is 4.90 Å². The molecule has 7 nitrogen and oxygen atoms in total. The summed E-state index contributed by atoms with van der Waals surface area (Å²) < 4.78 is 6.45. The summed E-state index contributed by atoms with van der Waals surface area (Å²) in [7, 11) is -2.54. The van der Waals surface area contributed by atoms with E-state index in [1.807, 2.05) is 25.2 Å². The molecule has 33 heavy (non-hydrogen) atoms. The average Bonchev–Trinajstić information content (AvgIpc) is 3.36. The number of anilines is 1. The molecule has 4 rings (SSSR count). The smallest absolute Gasteiger partial charge is 0.228 e. The lowest BCUT2D eigenvalue weighted by Crippen LogP contribution is -2.43. The summed E-state index contributed by atoms with van der Waals surface area (Å²) in [6, 6.07) is 8.08. The average molecular weight is 475 g/mol. The maximum atomic E-state index is 13.0. The van der Waals surface area contributed by atoms with Gasteiger partial charge in [-0.3, -0.25) is 9.59 Å². The van der Waals surface area contributed by atoms with E-state index in [4.69, 9.17) is 4.74 Å². The minimum atomic E-state index is -2.54. The number of likely N-dealkylation sites (tertiary alicyclic amines) is 1. The molecule has 1 aromatic rings. The van der Waals surface area contributed by atoms with Gasteiger partial charge in [-0.05, 0) is 62.4 Å². The summed E-state index contributed by atoms with van der Waals surface area (Å²) in [4.78, 5) is 39.3. The minimum absolute atomic E-state index is 0.00133. The number of nitrogens with zero attached hydrogens (tertiary/aromatic N) is 2. The molecular formula is C25H38N2O5Si. The van der Waals surface area contributed by atoms with Crippen molar-refractivity contribution in [1.29, 1.82) is 0 Å². The van der Waals surface area contributed by atoms with Crippen LogP contribution in [0.2, 0.25) is 18.6 Å². The highest BCUT2D eigenvalue weighted by molar-refractivity contribution is 6.71. The molecule has 5 atom stereocenters. The number of hydrogen-bond donors (Lipinski definition) is 2. The molecule has 3 aliphatic rings. The van der Waals surface area contributed by atoms with Crippen LogP contribution >= 0.6 is 0 Å². The molecule has 0 aliphatic carbocycles. The number of aliphatic hydroxyl groups excluding tert-OH is 1. The Labute approximate surface area is 197 Å². The van der Waals surface area contributed by atoms with E-state index < -0.39 is 8.32 Å². The lowest BCUT2D eigenvalue weighted by atomic mass is 9.95. The molecule has 2 amide bonds. The van der Waals surface area contributed by atoms with Crippen LogP contribution in [0, 0.1) is 5.92 Å². The van der Waals surface area contributed by atoms with Gasteiger partial charge in [-0.2, -0.15) is 0 Å². The van der Waals surface area contributed by atoms with Crippen LogP contribution in [0.1, 0.15) is 44.6 Å². The van der Waals surface area contributed by atoms with Gasteiger partial charge in [0.15, 0.2) is 8.32 Å². The van der Waals surface area contributed by atoms with Crippen molar-refractivity contribution in [3.8, 4) is 0 Å². The van der Waals surface area contributed by atoms with E-state index >= 15 is 0 Å². The number of aryl methyl sites for hydroxylation is 1. The number of β-lactam (4-membered cyclic amide) rings is 1. The van der Waals surface area contributed by atoms with Crippen LogP contribution in [-0.2, 0) is 20.7 Å². The number of hydrogen-bond acceptors (Lipinski definition) is 5. The zero-order valence-electron chi connectivity index (χ0n) is 20.1. The van der Waals surface area contributed by atoms with Crippen molar-refractivity contribution in [2.75, 3.05) is 24.6 Å². The van der Waals surface area contributed by atoms with Gasteiger partial charge < -0.3 is 24.4 Å². The largest absolute Gasteiger partial charge is 0.432 e. The quantitative estimate of drug-likeness (QED) is 0.447. The number of ether oxygens (including phenoxy) is 1. The molecule has 3 fully saturated rings. The zero-order valence-corrected chi connectivity index (χ0v) is 21.1. The fourth-order valence-electron chi connectivity index (χ4n) is 5.99. The van der Waals surface area contributed by atoms with E-state index in [1.165, 1.54) is 5.56 Å². The second-order valence-electron chi connectivity index (χ2n) is 10.5. The molecule has 3 saturated heterocycles. The first-order valence-electron chi connectivity index (χ1n) is 12.4. The van der Waals surface area contributed by atoms with E-state index in [0.29, 0.717) is 13.0 Å². The summed E-state index contributed by atoms with van der Waals surface area (Å²) in [6.07, 6.45) is 4.08. The summed E-state index contributed by atoms with van der Waals surface area (Å²) in [5.74, 6) is 0.390. The molecule has 0 saturated carbocycles. The third kappa shape index (κ3) is 5.19. The molecule has 0 aromatic heterocycles. The second-order valence-corrected chi connectivity index (χ2v) is 14.5. The second kappa shape index (κ2) is 9.86. The number of carbonyl (C=O) groups excluding carboxylic acids is 2. The molecule has 3 aliphatic heterocycles. The van der Waals surface area contributed by atoms with Gasteiger partial charge in [0.1, 0.15) is 0 Å². The Morgan fingerprint density at radius 2 is 1.91 bits per heavy atom. The Morgan fingerprint density at radius 3 is 2.48 bits per heavy atom. The first-order valence-corrected chi connectivity index (χ1v) is 15.4. The fourth-order valence-corrected chi connectivity index (χ4v) is 8.60. The van der Waals surface area contributed by atoms with Gasteiger partial charge in [0.25, 0.3) is 0 Å². The predicted octanol–water partition coefficient (Wildman–Crippen LogP) is 2.70. The van der Waals surface area contributed by atoms with Crippen molar-refractivity contribution in [3.63, 3.8) is 0 Å². The van der Waals surface area contributed by atoms with E-state index in [9.17, 15) is 19.5 Å². The van der Waals surface area contributed by atoms with Crippen molar-refractivity contribution in [3.05, 3.63) is 29.8 Å².